The molecule has 0 unspecified atom stereocenters. The van der Waals surface area contributed by atoms with Gasteiger partial charge in [0, 0.05) is 25.8 Å². The van der Waals surface area contributed by atoms with Crippen molar-refractivity contribution in [2.75, 3.05) is 26.2 Å². The van der Waals surface area contributed by atoms with Gasteiger partial charge < -0.3 is 14.0 Å². The number of hydrogen-bond donors (Lipinski definition) is 0. The van der Waals surface area contributed by atoms with Gasteiger partial charge in [0.15, 0.2) is 0 Å². The third-order valence-corrected chi connectivity index (χ3v) is 4.62. The number of nitrogens with zero attached hydrogens (tertiary/aromatic N) is 4. The van der Waals surface area contributed by atoms with E-state index in [0.717, 1.165) is 17.0 Å². The number of rotatable bonds is 2. The van der Waals surface area contributed by atoms with Crippen LogP contribution in [0.15, 0.2) is 24.4 Å². The first-order chi connectivity index (χ1) is 11.1. The number of cyclic esters (lactones) is 1. The molecule has 0 radical (unpaired) electrons. The molecule has 120 valence electrons. The number of amides is 2. The van der Waals surface area contributed by atoms with Crippen molar-refractivity contribution in [3.8, 4) is 0 Å². The zero-order valence-electron chi connectivity index (χ0n) is 12.9. The molecule has 1 atom stereocenters. The van der Waals surface area contributed by atoms with Gasteiger partial charge in [-0.05, 0) is 19.1 Å². The summed E-state index contributed by atoms with van der Waals surface area (Å²) in [5, 5.41) is 0. The number of fused-ring (bicyclic) bond motifs is 2. The van der Waals surface area contributed by atoms with Crippen molar-refractivity contribution in [2.24, 2.45) is 0 Å². The number of ether oxygens (including phenoxy) is 1. The highest BCUT2D eigenvalue weighted by atomic mass is 16.6. The summed E-state index contributed by atoms with van der Waals surface area (Å²) in [4.78, 5) is 32.2. The molecule has 4 rings (SSSR count). The molecule has 2 saturated heterocycles. The van der Waals surface area contributed by atoms with Crippen LogP contribution in [0.2, 0.25) is 0 Å². The highest BCUT2D eigenvalue weighted by Crippen LogP contribution is 2.19. The summed E-state index contributed by atoms with van der Waals surface area (Å²) < 4.78 is 7.01. The Bertz CT molecular complexity index is 785. The molecular formula is C16H18N4O3. The molecule has 0 N–H and O–H groups in total. The van der Waals surface area contributed by atoms with Gasteiger partial charge in [0.05, 0.1) is 23.9 Å². The zero-order chi connectivity index (χ0) is 16.0. The summed E-state index contributed by atoms with van der Waals surface area (Å²) in [6.07, 6.45) is 1.98. The number of hydrogen-bond acceptors (Lipinski definition) is 4. The fraction of sp³-hybridized carbons (Fsp3) is 0.438. The lowest BCUT2D eigenvalue weighted by Gasteiger charge is -2.35. The number of imidazole rings is 1. The van der Waals surface area contributed by atoms with E-state index in [1.54, 1.807) is 4.90 Å². The highest BCUT2D eigenvalue weighted by Gasteiger charge is 2.38. The van der Waals surface area contributed by atoms with E-state index < -0.39 is 0 Å². The van der Waals surface area contributed by atoms with Crippen LogP contribution in [0.4, 0.5) is 4.79 Å². The van der Waals surface area contributed by atoms with E-state index >= 15 is 0 Å². The van der Waals surface area contributed by atoms with Crippen LogP contribution in [0.5, 0.6) is 0 Å². The maximum atomic E-state index is 12.7. The summed E-state index contributed by atoms with van der Waals surface area (Å²) in [5.41, 5.74) is 2.65. The molecule has 2 fully saturated rings. The van der Waals surface area contributed by atoms with Crippen LogP contribution < -0.4 is 0 Å². The summed E-state index contributed by atoms with van der Waals surface area (Å²) >= 11 is 0. The van der Waals surface area contributed by atoms with Gasteiger partial charge in [-0.2, -0.15) is 0 Å². The average molecular weight is 314 g/mol. The predicted octanol–water partition coefficient (Wildman–Crippen LogP) is 0.848. The molecule has 23 heavy (non-hydrogen) atoms. The maximum Gasteiger partial charge on any atom is 0.410 e. The lowest BCUT2D eigenvalue weighted by atomic mass is 10.1. The normalized spacial score (nSPS) is 20.7. The largest absolute Gasteiger partial charge is 0.447 e. The van der Waals surface area contributed by atoms with E-state index in [9.17, 15) is 9.59 Å². The summed E-state index contributed by atoms with van der Waals surface area (Å²) in [6.45, 7) is 3.94. The van der Waals surface area contributed by atoms with Crippen LogP contribution in [-0.4, -0.2) is 63.5 Å². The van der Waals surface area contributed by atoms with Crippen molar-refractivity contribution < 1.29 is 14.3 Å². The molecule has 7 nitrogen and oxygen atoms in total. The van der Waals surface area contributed by atoms with Crippen LogP contribution in [0, 0.1) is 6.92 Å². The molecular weight excluding hydrogens is 296 g/mol. The first-order valence-electron chi connectivity index (χ1n) is 7.77. The minimum Gasteiger partial charge on any atom is -0.447 e. The van der Waals surface area contributed by atoms with E-state index in [2.05, 4.69) is 4.98 Å². The molecule has 0 saturated carbocycles. The van der Waals surface area contributed by atoms with Crippen molar-refractivity contribution >= 4 is 17.6 Å². The van der Waals surface area contributed by atoms with E-state index in [0.29, 0.717) is 32.7 Å². The third-order valence-electron chi connectivity index (χ3n) is 4.62. The quantitative estimate of drug-likeness (QED) is 0.824. The van der Waals surface area contributed by atoms with Gasteiger partial charge in [0.25, 0.3) is 0 Å². The van der Waals surface area contributed by atoms with Crippen molar-refractivity contribution in [3.63, 3.8) is 0 Å². The van der Waals surface area contributed by atoms with Gasteiger partial charge in [-0.3, -0.25) is 9.69 Å². The Labute approximate surface area is 133 Å². The Balaban J connectivity index is 1.51. The number of carbonyl (C=O) groups is 2. The number of aryl methyl sites for hydroxylation is 1. The van der Waals surface area contributed by atoms with Crippen LogP contribution in [0.1, 0.15) is 11.4 Å². The second-order valence-electron chi connectivity index (χ2n) is 6.01. The van der Waals surface area contributed by atoms with E-state index in [1.165, 1.54) is 0 Å². The second-order valence-corrected chi connectivity index (χ2v) is 6.01. The molecule has 0 aliphatic carbocycles. The van der Waals surface area contributed by atoms with Gasteiger partial charge in [0.2, 0.25) is 5.91 Å². The zero-order valence-corrected chi connectivity index (χ0v) is 12.9. The Kier molecular flexibility index (Phi) is 3.21. The SMILES string of the molecule is Cc1nc2ccccn2c1CC(=O)N1CCN2C(=O)OC[C@@H]2C1. The van der Waals surface area contributed by atoms with Gasteiger partial charge in [0.1, 0.15) is 12.3 Å². The average Bonchev–Trinajstić information content (AvgIpc) is 3.08. The number of carbonyl (C=O) groups excluding carboxylic acids is 2. The summed E-state index contributed by atoms with van der Waals surface area (Å²) in [7, 11) is 0. The lowest BCUT2D eigenvalue weighted by molar-refractivity contribution is -0.132. The Morgan fingerprint density at radius 3 is 3.13 bits per heavy atom. The van der Waals surface area contributed by atoms with E-state index in [-0.39, 0.29) is 18.0 Å². The minimum absolute atomic E-state index is 0.0107. The van der Waals surface area contributed by atoms with E-state index in [1.807, 2.05) is 40.6 Å². The molecule has 0 bridgehead atoms. The number of pyridine rings is 1. The lowest BCUT2D eigenvalue weighted by Crippen LogP contribution is -2.54. The van der Waals surface area contributed by atoms with Gasteiger partial charge in [-0.25, -0.2) is 9.78 Å². The molecule has 2 amide bonds. The number of piperazine rings is 1. The molecule has 2 aromatic rings. The Morgan fingerprint density at radius 1 is 1.39 bits per heavy atom. The summed E-state index contributed by atoms with van der Waals surface area (Å²) in [6, 6.07) is 5.79. The monoisotopic (exact) mass is 314 g/mol. The van der Waals surface area contributed by atoms with Crippen LogP contribution in [0.3, 0.4) is 0 Å². The van der Waals surface area contributed by atoms with Crippen molar-refractivity contribution in [3.05, 3.63) is 35.8 Å². The van der Waals surface area contributed by atoms with E-state index in [4.69, 9.17) is 4.74 Å². The number of aromatic nitrogens is 2. The van der Waals surface area contributed by atoms with Crippen molar-refractivity contribution in [1.82, 2.24) is 19.2 Å². The Morgan fingerprint density at radius 2 is 2.26 bits per heavy atom. The smallest absolute Gasteiger partial charge is 0.410 e. The Hall–Kier alpha value is -2.57. The van der Waals surface area contributed by atoms with Gasteiger partial charge >= 0.3 is 6.09 Å². The van der Waals surface area contributed by atoms with Crippen molar-refractivity contribution in [1.29, 1.82) is 0 Å². The molecule has 7 heteroatoms. The third kappa shape index (κ3) is 2.32. The van der Waals surface area contributed by atoms with Crippen molar-refractivity contribution in [2.45, 2.75) is 19.4 Å². The minimum atomic E-state index is -0.264. The molecule has 0 spiro atoms. The maximum absolute atomic E-state index is 12.7. The molecule has 2 aliphatic rings. The highest BCUT2D eigenvalue weighted by molar-refractivity contribution is 5.80. The molecule has 4 heterocycles. The predicted molar refractivity (Wildman–Crippen MR) is 82.1 cm³/mol. The van der Waals surface area contributed by atoms with Crippen LogP contribution in [-0.2, 0) is 16.0 Å². The standard InChI is InChI=1S/C16H18N4O3/c1-11-13(20-5-3-2-4-14(20)17-11)8-15(21)18-6-7-19-12(9-18)10-23-16(19)22/h2-5,12H,6-10H2,1H3/t12-/m0/s1. The fourth-order valence-electron chi connectivity index (χ4n) is 3.35. The topological polar surface area (TPSA) is 67.2 Å². The molecule has 0 aromatic carbocycles. The van der Waals surface area contributed by atoms with Gasteiger partial charge in [-0.1, -0.05) is 6.07 Å². The first kappa shape index (κ1) is 14.0. The molecule has 2 aromatic heterocycles. The van der Waals surface area contributed by atoms with Gasteiger partial charge in [-0.15, -0.1) is 0 Å². The fourth-order valence-corrected chi connectivity index (χ4v) is 3.35. The second kappa shape index (κ2) is 5.26. The first-order valence-corrected chi connectivity index (χ1v) is 7.77. The van der Waals surface area contributed by atoms with Crippen LogP contribution in [0.25, 0.3) is 5.65 Å². The van der Waals surface area contributed by atoms with Crippen LogP contribution >= 0.6 is 0 Å². The molecule has 2 aliphatic heterocycles. The summed E-state index contributed by atoms with van der Waals surface area (Å²) in [5.74, 6) is 0.0674.